The minimum atomic E-state index is -4.56. The summed E-state index contributed by atoms with van der Waals surface area (Å²) in [5.74, 6) is 0.0795. The number of amidine groups is 1. The van der Waals surface area contributed by atoms with Crippen LogP contribution in [0.5, 0.6) is 0 Å². The van der Waals surface area contributed by atoms with Gasteiger partial charge in [0, 0.05) is 32.3 Å². The Bertz CT molecular complexity index is 492. The van der Waals surface area contributed by atoms with Crippen molar-refractivity contribution < 1.29 is 18.0 Å². The van der Waals surface area contributed by atoms with Crippen LogP contribution in [0.2, 0.25) is 0 Å². The number of carbonyl (C=O) groups is 1. The fourth-order valence-corrected chi connectivity index (χ4v) is 2.56. The smallest absolute Gasteiger partial charge is 0.370 e. The summed E-state index contributed by atoms with van der Waals surface area (Å²) in [4.78, 5) is 20.6. The van der Waals surface area contributed by atoms with Crippen LogP contribution in [-0.4, -0.2) is 61.3 Å². The second-order valence-corrected chi connectivity index (χ2v) is 6.10. The van der Waals surface area contributed by atoms with Gasteiger partial charge in [0.15, 0.2) is 0 Å². The van der Waals surface area contributed by atoms with Crippen molar-refractivity contribution in [1.82, 2.24) is 10.2 Å². The largest absolute Gasteiger partial charge is 0.421 e. The minimum absolute atomic E-state index is 0.115. The summed E-state index contributed by atoms with van der Waals surface area (Å²) in [5, 5.41) is 2.72. The first-order chi connectivity index (χ1) is 11.4. The van der Waals surface area contributed by atoms with Crippen LogP contribution in [0.15, 0.2) is 21.8 Å². The third-order valence-corrected chi connectivity index (χ3v) is 3.84. The lowest BCUT2D eigenvalue weighted by atomic mass is 10.1. The Hall–Kier alpha value is -1.51. The molecule has 9 heteroatoms. The number of nitrogens with one attached hydrogen (secondary N) is 1. The molecular weight excluding hydrogens is 341 g/mol. The van der Waals surface area contributed by atoms with Crippen molar-refractivity contribution in [3.63, 3.8) is 0 Å². The van der Waals surface area contributed by atoms with Gasteiger partial charge in [0.25, 0.3) is 0 Å². The Balaban J connectivity index is 2.61. The molecule has 0 aliphatic carbocycles. The molecule has 0 aromatic carbocycles. The van der Waals surface area contributed by atoms with Crippen molar-refractivity contribution in [3.8, 4) is 0 Å². The minimum Gasteiger partial charge on any atom is -0.370 e. The predicted molar refractivity (Wildman–Crippen MR) is 92.6 cm³/mol. The lowest BCUT2D eigenvalue weighted by Gasteiger charge is -2.26. The molecule has 24 heavy (non-hydrogen) atoms. The Morgan fingerprint density at radius 3 is 2.79 bits per heavy atom. The number of carbonyl (C=O) groups excluding carboxylic acids is 1. The van der Waals surface area contributed by atoms with Crippen LogP contribution >= 0.6 is 11.8 Å². The highest BCUT2D eigenvalue weighted by Gasteiger charge is 2.37. The van der Waals surface area contributed by atoms with Crippen LogP contribution in [0.25, 0.3) is 0 Å². The van der Waals surface area contributed by atoms with Crippen molar-refractivity contribution >= 4 is 30.2 Å². The molecule has 0 aromatic heterocycles. The van der Waals surface area contributed by atoms with E-state index in [1.807, 2.05) is 0 Å². The van der Waals surface area contributed by atoms with Crippen LogP contribution in [0, 0.1) is 0 Å². The lowest BCUT2D eigenvalue weighted by molar-refractivity contribution is -0.133. The number of hydrogen-bond donors (Lipinski definition) is 1. The first kappa shape index (κ1) is 20.5. The number of aliphatic imine (C=N–C) groups is 2. The fraction of sp³-hybridized carbons (Fsp3) is 0.667. The Morgan fingerprint density at radius 2 is 2.21 bits per heavy atom. The van der Waals surface area contributed by atoms with Gasteiger partial charge in [-0.2, -0.15) is 13.2 Å². The number of likely N-dealkylation sites (tertiary alicyclic amines) is 1. The first-order valence-electron chi connectivity index (χ1n) is 7.68. The highest BCUT2D eigenvalue weighted by atomic mass is 32.2. The standard InChI is InChI=1S/C15H23F3N4OS/c1-19-10-12(15(16,17)18)14(21-11-24-2)20-7-5-9-22-8-4-3-6-13(22)23/h10H,1,3-9,11H2,2H3,(H,20,21)/b12-10+. The fourth-order valence-electron chi connectivity index (χ4n) is 2.30. The summed E-state index contributed by atoms with van der Waals surface area (Å²) in [7, 11) is 0. The summed E-state index contributed by atoms with van der Waals surface area (Å²) in [5.41, 5.74) is -0.944. The molecule has 1 heterocycles. The van der Waals surface area contributed by atoms with E-state index in [0.717, 1.165) is 19.4 Å². The molecule has 0 unspecified atom stereocenters. The summed E-state index contributed by atoms with van der Waals surface area (Å²) in [6, 6.07) is 0. The maximum absolute atomic E-state index is 13.1. The molecule has 0 atom stereocenters. The number of nitrogens with zero attached hydrogens (tertiary/aromatic N) is 3. The molecule has 1 aliphatic rings. The van der Waals surface area contributed by atoms with Gasteiger partial charge in [-0.05, 0) is 32.2 Å². The van der Waals surface area contributed by atoms with Crippen molar-refractivity contribution in [2.24, 2.45) is 9.98 Å². The molecule has 0 aromatic rings. The van der Waals surface area contributed by atoms with Gasteiger partial charge in [-0.25, -0.2) is 0 Å². The van der Waals surface area contributed by atoms with E-state index in [4.69, 9.17) is 0 Å². The van der Waals surface area contributed by atoms with Gasteiger partial charge < -0.3 is 10.2 Å². The van der Waals surface area contributed by atoms with E-state index in [0.29, 0.717) is 32.1 Å². The molecule has 5 nitrogen and oxygen atoms in total. The van der Waals surface area contributed by atoms with Crippen LogP contribution < -0.4 is 5.32 Å². The number of rotatable bonds is 8. The summed E-state index contributed by atoms with van der Waals surface area (Å²) >= 11 is 1.32. The van der Waals surface area contributed by atoms with Gasteiger partial charge in [0.05, 0.1) is 5.88 Å². The Kier molecular flexibility index (Phi) is 8.88. The number of piperidine rings is 1. The second kappa shape index (κ2) is 10.4. The average Bonchev–Trinajstić information content (AvgIpc) is 2.53. The molecule has 1 amide bonds. The van der Waals surface area contributed by atoms with Crippen molar-refractivity contribution in [1.29, 1.82) is 0 Å². The molecule has 136 valence electrons. The summed E-state index contributed by atoms with van der Waals surface area (Å²) in [6.07, 6.45) is 0.857. The highest BCUT2D eigenvalue weighted by molar-refractivity contribution is 7.98. The zero-order valence-corrected chi connectivity index (χ0v) is 14.5. The molecule has 1 N–H and O–H groups in total. The zero-order chi connectivity index (χ0) is 18.0. The molecule has 0 spiro atoms. The predicted octanol–water partition coefficient (Wildman–Crippen LogP) is 2.84. The van der Waals surface area contributed by atoms with E-state index < -0.39 is 11.7 Å². The molecular formula is C15H23F3N4OS. The molecule has 0 bridgehead atoms. The summed E-state index contributed by atoms with van der Waals surface area (Å²) in [6.45, 7) is 4.63. The zero-order valence-electron chi connectivity index (χ0n) is 13.7. The number of hydrogen-bond acceptors (Lipinski definition) is 4. The van der Waals surface area contributed by atoms with Gasteiger partial charge in [-0.3, -0.25) is 14.8 Å². The molecule has 1 saturated heterocycles. The average molecular weight is 364 g/mol. The molecule has 1 aliphatic heterocycles. The van der Waals surface area contributed by atoms with Gasteiger partial charge >= 0.3 is 6.18 Å². The SMILES string of the molecule is C=N/C=C(\C(=N/CSC)NCCCN1CCCCC1=O)C(F)(F)F. The maximum atomic E-state index is 13.1. The quantitative estimate of drug-likeness (QED) is 0.409. The van der Waals surface area contributed by atoms with Crippen LogP contribution in [0.4, 0.5) is 13.2 Å². The highest BCUT2D eigenvalue weighted by Crippen LogP contribution is 2.26. The Morgan fingerprint density at radius 1 is 1.46 bits per heavy atom. The number of amides is 1. The monoisotopic (exact) mass is 364 g/mol. The second-order valence-electron chi connectivity index (χ2n) is 5.27. The Labute approximate surface area is 144 Å². The van der Waals surface area contributed by atoms with Crippen molar-refractivity contribution in [2.75, 3.05) is 31.8 Å². The van der Waals surface area contributed by atoms with Gasteiger partial charge in [0.2, 0.25) is 5.91 Å². The normalized spacial score (nSPS) is 17.2. The molecule has 0 saturated carbocycles. The number of halogens is 3. The summed E-state index contributed by atoms with van der Waals surface area (Å²) < 4.78 is 39.3. The number of alkyl halides is 3. The van der Waals surface area contributed by atoms with E-state index in [-0.39, 0.29) is 17.6 Å². The third kappa shape index (κ3) is 6.94. The van der Waals surface area contributed by atoms with E-state index in [1.54, 1.807) is 11.2 Å². The van der Waals surface area contributed by atoms with Crippen LogP contribution in [0.3, 0.4) is 0 Å². The lowest BCUT2D eigenvalue weighted by Crippen LogP contribution is -2.38. The van der Waals surface area contributed by atoms with Gasteiger partial charge in [-0.1, -0.05) is 0 Å². The maximum Gasteiger partial charge on any atom is 0.421 e. The molecule has 0 radical (unpaired) electrons. The van der Waals surface area contributed by atoms with Gasteiger partial charge in [-0.15, -0.1) is 11.8 Å². The van der Waals surface area contributed by atoms with E-state index >= 15 is 0 Å². The van der Waals surface area contributed by atoms with E-state index in [9.17, 15) is 18.0 Å². The first-order valence-corrected chi connectivity index (χ1v) is 9.08. The van der Waals surface area contributed by atoms with Gasteiger partial charge in [0.1, 0.15) is 11.4 Å². The third-order valence-electron chi connectivity index (χ3n) is 3.45. The topological polar surface area (TPSA) is 57.1 Å². The number of thioether (sulfide) groups is 1. The van der Waals surface area contributed by atoms with E-state index in [2.05, 4.69) is 22.0 Å². The van der Waals surface area contributed by atoms with Crippen LogP contribution in [0.1, 0.15) is 25.7 Å². The van der Waals surface area contributed by atoms with Crippen molar-refractivity contribution in [3.05, 3.63) is 11.8 Å². The molecule has 1 fully saturated rings. The van der Waals surface area contributed by atoms with Crippen LogP contribution in [-0.2, 0) is 4.79 Å². The molecule has 1 rings (SSSR count). The van der Waals surface area contributed by atoms with E-state index in [1.165, 1.54) is 11.8 Å². The van der Waals surface area contributed by atoms with Crippen molar-refractivity contribution in [2.45, 2.75) is 31.9 Å².